The summed E-state index contributed by atoms with van der Waals surface area (Å²) in [4.78, 5) is 24.8. The lowest BCUT2D eigenvalue weighted by molar-refractivity contribution is 0.251. The second-order valence-corrected chi connectivity index (χ2v) is 2.71. The van der Waals surface area contributed by atoms with Gasteiger partial charge in [0.25, 0.3) is 5.19 Å². The van der Waals surface area contributed by atoms with E-state index in [1.807, 2.05) is 0 Å². The molecular formula is C5H7N3O3S. The van der Waals surface area contributed by atoms with Gasteiger partial charge in [-0.1, -0.05) is 0 Å². The van der Waals surface area contributed by atoms with Gasteiger partial charge in [0, 0.05) is 11.5 Å². The van der Waals surface area contributed by atoms with Crippen molar-refractivity contribution in [3.63, 3.8) is 0 Å². The van der Waals surface area contributed by atoms with Crippen molar-refractivity contribution < 1.29 is 9.53 Å². The molecular weight excluding hydrogens is 182 g/mol. The minimum absolute atomic E-state index is 0.154. The fourth-order valence-electron chi connectivity index (χ4n) is 0.582. The van der Waals surface area contributed by atoms with Gasteiger partial charge >= 0.3 is 11.7 Å². The Hall–Kier alpha value is -1.37. The van der Waals surface area contributed by atoms with Crippen LogP contribution >= 0.6 is 11.5 Å². The van der Waals surface area contributed by atoms with Crippen molar-refractivity contribution in [3.05, 3.63) is 10.5 Å². The molecule has 0 spiro atoms. The summed E-state index contributed by atoms with van der Waals surface area (Å²) in [7, 11) is 0. The number of aromatic nitrogens is 2. The lowest BCUT2D eigenvalue weighted by Gasteiger charge is -1.92. The van der Waals surface area contributed by atoms with Crippen molar-refractivity contribution >= 4 is 17.6 Å². The molecule has 0 saturated carbocycles. The third-order valence-electron chi connectivity index (χ3n) is 0.998. The molecule has 66 valence electrons. The monoisotopic (exact) mass is 189 g/mol. The molecule has 1 rings (SSSR count). The Morgan fingerprint density at radius 3 is 2.92 bits per heavy atom. The van der Waals surface area contributed by atoms with Gasteiger partial charge in [0.1, 0.15) is 0 Å². The SMILES string of the molecule is CCOc1nc(=O)n(C(N)=O)s1. The topological polar surface area (TPSA) is 87.2 Å². The van der Waals surface area contributed by atoms with E-state index in [4.69, 9.17) is 10.5 Å². The van der Waals surface area contributed by atoms with Crippen LogP contribution in [0.4, 0.5) is 4.79 Å². The number of ether oxygens (including phenoxy) is 1. The average Bonchev–Trinajstić information content (AvgIpc) is 2.32. The van der Waals surface area contributed by atoms with Crippen LogP contribution in [0.25, 0.3) is 0 Å². The minimum Gasteiger partial charge on any atom is -0.469 e. The molecule has 0 aromatic carbocycles. The summed E-state index contributed by atoms with van der Waals surface area (Å²) < 4.78 is 5.62. The summed E-state index contributed by atoms with van der Waals surface area (Å²) in [6, 6.07) is -0.844. The van der Waals surface area contributed by atoms with Crippen molar-refractivity contribution in [2.24, 2.45) is 5.73 Å². The van der Waals surface area contributed by atoms with Crippen LogP contribution < -0.4 is 16.2 Å². The Morgan fingerprint density at radius 2 is 2.50 bits per heavy atom. The molecule has 6 nitrogen and oxygen atoms in total. The number of hydrogen-bond acceptors (Lipinski definition) is 5. The molecule has 0 atom stereocenters. The van der Waals surface area contributed by atoms with E-state index in [9.17, 15) is 9.59 Å². The minimum atomic E-state index is -0.844. The van der Waals surface area contributed by atoms with E-state index in [0.717, 1.165) is 15.5 Å². The third-order valence-corrected chi connectivity index (χ3v) is 1.88. The molecule has 1 aromatic heterocycles. The van der Waals surface area contributed by atoms with E-state index < -0.39 is 11.7 Å². The molecule has 1 aromatic rings. The van der Waals surface area contributed by atoms with Crippen molar-refractivity contribution in [1.82, 2.24) is 8.94 Å². The summed E-state index contributed by atoms with van der Waals surface area (Å²) in [5.74, 6) is 0. The Labute approximate surface area is 71.7 Å². The number of primary amides is 1. The number of nitrogens with two attached hydrogens (primary N) is 1. The van der Waals surface area contributed by atoms with Crippen LogP contribution in [0.15, 0.2) is 4.79 Å². The van der Waals surface area contributed by atoms with E-state index in [1.165, 1.54) is 0 Å². The molecule has 0 aliphatic heterocycles. The normalized spacial score (nSPS) is 9.75. The maximum Gasteiger partial charge on any atom is 0.369 e. The first-order valence-corrected chi connectivity index (χ1v) is 3.95. The Morgan fingerprint density at radius 1 is 1.83 bits per heavy atom. The van der Waals surface area contributed by atoms with Crippen LogP contribution in [0.1, 0.15) is 6.92 Å². The first-order chi connectivity index (χ1) is 5.65. The molecule has 0 saturated heterocycles. The molecule has 0 aliphatic rings. The van der Waals surface area contributed by atoms with Gasteiger partial charge in [0.15, 0.2) is 0 Å². The fourth-order valence-corrected chi connectivity index (χ4v) is 1.24. The van der Waals surface area contributed by atoms with Gasteiger partial charge in [-0.3, -0.25) is 0 Å². The maximum absolute atomic E-state index is 10.8. The largest absolute Gasteiger partial charge is 0.469 e. The quantitative estimate of drug-likeness (QED) is 0.687. The molecule has 1 heterocycles. The zero-order valence-electron chi connectivity index (χ0n) is 6.31. The van der Waals surface area contributed by atoms with Crippen LogP contribution in [-0.2, 0) is 0 Å². The highest BCUT2D eigenvalue weighted by molar-refractivity contribution is 7.09. The first kappa shape index (κ1) is 8.72. The van der Waals surface area contributed by atoms with Crippen molar-refractivity contribution in [2.45, 2.75) is 6.92 Å². The van der Waals surface area contributed by atoms with Crippen LogP contribution in [0.5, 0.6) is 5.19 Å². The Bertz CT molecular complexity index is 342. The lowest BCUT2D eigenvalue weighted by atomic mass is 10.9. The predicted octanol–water partition coefficient (Wildman–Crippen LogP) is -0.370. The number of carbonyl (C=O) groups excluding carboxylic acids is 1. The third kappa shape index (κ3) is 1.62. The van der Waals surface area contributed by atoms with E-state index in [-0.39, 0.29) is 5.19 Å². The zero-order chi connectivity index (χ0) is 9.14. The number of carbonyl (C=O) groups is 1. The van der Waals surface area contributed by atoms with Crippen LogP contribution in [0.3, 0.4) is 0 Å². The molecule has 0 fully saturated rings. The second kappa shape index (κ2) is 3.35. The van der Waals surface area contributed by atoms with Crippen molar-refractivity contribution in [3.8, 4) is 5.19 Å². The number of rotatable bonds is 2. The standard InChI is InChI=1S/C5H7N3O3S/c1-2-11-5-7-4(10)8(12-5)3(6)9/h2H2,1H3,(H2,6,9). The second-order valence-electron chi connectivity index (χ2n) is 1.82. The predicted molar refractivity (Wildman–Crippen MR) is 42.5 cm³/mol. The van der Waals surface area contributed by atoms with Gasteiger partial charge in [-0.05, 0) is 6.92 Å². The average molecular weight is 189 g/mol. The number of amides is 1. The van der Waals surface area contributed by atoms with Crippen LogP contribution in [0, 0.1) is 0 Å². The fraction of sp³-hybridized carbons (Fsp3) is 0.400. The van der Waals surface area contributed by atoms with Gasteiger partial charge < -0.3 is 10.5 Å². The highest BCUT2D eigenvalue weighted by Crippen LogP contribution is 2.10. The van der Waals surface area contributed by atoms with Gasteiger partial charge in [0.2, 0.25) is 0 Å². The molecule has 12 heavy (non-hydrogen) atoms. The molecule has 0 unspecified atom stereocenters. The highest BCUT2D eigenvalue weighted by atomic mass is 32.1. The van der Waals surface area contributed by atoms with E-state index in [2.05, 4.69) is 4.98 Å². The van der Waals surface area contributed by atoms with Crippen molar-refractivity contribution in [2.75, 3.05) is 6.61 Å². The highest BCUT2D eigenvalue weighted by Gasteiger charge is 2.09. The number of nitrogens with zero attached hydrogens (tertiary/aromatic N) is 2. The Balaban J connectivity index is 3.01. The summed E-state index contributed by atoms with van der Waals surface area (Å²) in [5.41, 5.74) is 4.16. The summed E-state index contributed by atoms with van der Waals surface area (Å²) in [6.45, 7) is 2.15. The zero-order valence-corrected chi connectivity index (χ0v) is 7.13. The maximum atomic E-state index is 10.8. The molecule has 2 N–H and O–H groups in total. The van der Waals surface area contributed by atoms with E-state index >= 15 is 0 Å². The van der Waals surface area contributed by atoms with E-state index in [1.54, 1.807) is 6.92 Å². The smallest absolute Gasteiger partial charge is 0.369 e. The molecule has 0 aliphatic carbocycles. The lowest BCUT2D eigenvalue weighted by Crippen LogP contribution is -2.27. The molecule has 1 amide bonds. The van der Waals surface area contributed by atoms with Crippen molar-refractivity contribution in [1.29, 1.82) is 0 Å². The van der Waals surface area contributed by atoms with Gasteiger partial charge in [-0.2, -0.15) is 3.96 Å². The molecule has 0 radical (unpaired) electrons. The van der Waals surface area contributed by atoms with E-state index in [0.29, 0.717) is 6.61 Å². The van der Waals surface area contributed by atoms with Gasteiger partial charge in [0.05, 0.1) is 6.61 Å². The Kier molecular flexibility index (Phi) is 2.44. The molecule has 7 heteroatoms. The summed E-state index contributed by atoms with van der Waals surface area (Å²) in [5, 5.41) is 0.154. The first-order valence-electron chi connectivity index (χ1n) is 3.18. The van der Waals surface area contributed by atoms with Crippen LogP contribution in [-0.4, -0.2) is 21.6 Å². The number of hydrogen-bond donors (Lipinski definition) is 1. The van der Waals surface area contributed by atoms with Gasteiger partial charge in [-0.25, -0.2) is 9.59 Å². The van der Waals surface area contributed by atoms with Crippen LogP contribution in [0.2, 0.25) is 0 Å². The molecule has 0 bridgehead atoms. The summed E-state index contributed by atoms with van der Waals surface area (Å²) in [6.07, 6.45) is 0. The van der Waals surface area contributed by atoms with Gasteiger partial charge in [-0.15, -0.1) is 4.98 Å². The summed E-state index contributed by atoms with van der Waals surface area (Å²) >= 11 is 0.788.